The molecule has 0 amide bonds. The van der Waals surface area contributed by atoms with Crippen LogP contribution in [0.2, 0.25) is 0 Å². The summed E-state index contributed by atoms with van der Waals surface area (Å²) < 4.78 is 4.88. The fourth-order valence-corrected chi connectivity index (χ4v) is 2.84. The second kappa shape index (κ2) is 10.9. The lowest BCUT2D eigenvalue weighted by Crippen LogP contribution is -2.34. The van der Waals surface area contributed by atoms with Crippen LogP contribution in [0.15, 0.2) is 0 Å². The second-order valence-corrected chi connectivity index (χ2v) is 5.39. The van der Waals surface area contributed by atoms with E-state index in [1.54, 1.807) is 18.7 Å². The number of carbonyl (C=O) groups is 1. The number of unbranched alkanes of at least 4 members (excludes halogenated alkanes) is 1. The Morgan fingerprint density at radius 2 is 2.00 bits per heavy atom. The maximum Gasteiger partial charge on any atom is 0.323 e. The molecule has 0 aliphatic carbocycles. The van der Waals surface area contributed by atoms with Gasteiger partial charge in [0, 0.05) is 5.75 Å². The number of carbonyl (C=O) groups excluding carboxylic acids is 1. The third kappa shape index (κ3) is 8.50. The van der Waals surface area contributed by atoms with Crippen LogP contribution in [0.3, 0.4) is 0 Å². The van der Waals surface area contributed by atoms with Crippen LogP contribution < -0.4 is 5.73 Å². The molecule has 2 atom stereocenters. The molecule has 2 N–H and O–H groups in total. The van der Waals surface area contributed by atoms with Gasteiger partial charge >= 0.3 is 5.97 Å². The van der Waals surface area contributed by atoms with Crippen molar-refractivity contribution in [1.82, 2.24) is 0 Å². The van der Waals surface area contributed by atoms with Gasteiger partial charge in [0.15, 0.2) is 0 Å². The molecule has 0 radical (unpaired) electrons. The van der Waals surface area contributed by atoms with E-state index in [4.69, 9.17) is 10.5 Å². The molecule has 0 aromatic rings. The maximum atomic E-state index is 11.3. The first-order valence-corrected chi connectivity index (χ1v) is 7.81. The third-order valence-corrected chi connectivity index (χ3v) is 4.09. The van der Waals surface area contributed by atoms with E-state index < -0.39 is 6.04 Å². The number of rotatable bonds is 10. The lowest BCUT2D eigenvalue weighted by molar-refractivity contribution is -0.144. The minimum atomic E-state index is -0.469. The van der Waals surface area contributed by atoms with E-state index in [1.165, 1.54) is 25.7 Å². The predicted molar refractivity (Wildman–Crippen MR) is 75.2 cm³/mol. The first-order valence-electron chi connectivity index (χ1n) is 6.65. The second-order valence-electron chi connectivity index (χ2n) is 4.31. The normalized spacial score (nSPS) is 14.4. The molecule has 17 heavy (non-hydrogen) atoms. The van der Waals surface area contributed by atoms with E-state index >= 15 is 0 Å². The van der Waals surface area contributed by atoms with Gasteiger partial charge in [-0.25, -0.2) is 0 Å². The molecule has 4 heteroatoms. The summed E-state index contributed by atoms with van der Waals surface area (Å²) in [6.45, 7) is 6.66. The van der Waals surface area contributed by atoms with Gasteiger partial charge in [-0.15, -0.1) is 0 Å². The summed E-state index contributed by atoms with van der Waals surface area (Å²) in [5, 5.41) is 0. The van der Waals surface area contributed by atoms with E-state index in [0.29, 0.717) is 12.4 Å². The number of esters is 1. The molecule has 0 spiro atoms. The summed E-state index contributed by atoms with van der Waals surface area (Å²) in [4.78, 5) is 11.3. The van der Waals surface area contributed by atoms with Crippen LogP contribution in [0.5, 0.6) is 0 Å². The Balaban J connectivity index is 3.68. The topological polar surface area (TPSA) is 52.3 Å². The number of nitrogens with two attached hydrogens (primary N) is 1. The smallest absolute Gasteiger partial charge is 0.323 e. The van der Waals surface area contributed by atoms with Crippen LogP contribution in [0.25, 0.3) is 0 Å². The van der Waals surface area contributed by atoms with Crippen LogP contribution in [0.1, 0.15) is 46.5 Å². The van der Waals surface area contributed by atoms with Gasteiger partial charge in [0.2, 0.25) is 0 Å². The Hall–Kier alpha value is -0.220. The third-order valence-electron chi connectivity index (χ3n) is 2.78. The average Bonchev–Trinajstić information content (AvgIpc) is 2.33. The van der Waals surface area contributed by atoms with Crippen molar-refractivity contribution in [2.45, 2.75) is 52.5 Å². The van der Waals surface area contributed by atoms with Gasteiger partial charge in [-0.2, -0.15) is 11.8 Å². The Kier molecular flexibility index (Phi) is 10.8. The van der Waals surface area contributed by atoms with Crippen LogP contribution in [0, 0.1) is 5.92 Å². The van der Waals surface area contributed by atoms with Crippen LogP contribution in [0.4, 0.5) is 0 Å². The predicted octanol–water partition coefficient (Wildman–Crippen LogP) is 2.83. The van der Waals surface area contributed by atoms with Gasteiger partial charge in [-0.05, 0) is 25.0 Å². The van der Waals surface area contributed by atoms with Gasteiger partial charge in [-0.1, -0.05) is 33.1 Å². The minimum Gasteiger partial charge on any atom is -0.465 e. The molecule has 102 valence electrons. The zero-order valence-electron chi connectivity index (χ0n) is 11.4. The molecule has 0 saturated heterocycles. The zero-order chi connectivity index (χ0) is 13.1. The average molecular weight is 261 g/mol. The molecule has 3 nitrogen and oxygen atoms in total. The van der Waals surface area contributed by atoms with E-state index in [1.807, 2.05) is 0 Å². The molecule has 0 bridgehead atoms. The van der Waals surface area contributed by atoms with Crippen LogP contribution in [-0.2, 0) is 9.53 Å². The molecule has 0 aromatic carbocycles. The van der Waals surface area contributed by atoms with E-state index in [0.717, 1.165) is 11.7 Å². The summed E-state index contributed by atoms with van der Waals surface area (Å²) in [6, 6.07) is -0.469. The highest BCUT2D eigenvalue weighted by atomic mass is 32.2. The molecule has 0 saturated carbocycles. The van der Waals surface area contributed by atoms with Crippen molar-refractivity contribution in [3.8, 4) is 0 Å². The van der Waals surface area contributed by atoms with E-state index in [-0.39, 0.29) is 5.97 Å². The molecule has 0 aliphatic rings. The lowest BCUT2D eigenvalue weighted by atomic mass is 10.0. The quantitative estimate of drug-likeness (QED) is 0.614. The monoisotopic (exact) mass is 261 g/mol. The zero-order valence-corrected chi connectivity index (χ0v) is 12.2. The summed E-state index contributed by atoms with van der Waals surface area (Å²) in [6.07, 6.45) is 5.04. The van der Waals surface area contributed by atoms with Crippen molar-refractivity contribution in [3.63, 3.8) is 0 Å². The highest BCUT2D eigenvalue weighted by Gasteiger charge is 2.15. The number of hydrogen-bond donors (Lipinski definition) is 1. The highest BCUT2D eigenvalue weighted by Crippen LogP contribution is 2.18. The summed E-state index contributed by atoms with van der Waals surface area (Å²) in [7, 11) is 0. The molecule has 0 heterocycles. The molecule has 0 fully saturated rings. The number of thioether (sulfide) groups is 1. The van der Waals surface area contributed by atoms with Crippen molar-refractivity contribution in [3.05, 3.63) is 0 Å². The summed E-state index contributed by atoms with van der Waals surface area (Å²) >= 11 is 1.77. The Morgan fingerprint density at radius 1 is 1.29 bits per heavy atom. The molecule has 0 aromatic heterocycles. The van der Waals surface area contributed by atoms with Crippen molar-refractivity contribution >= 4 is 17.7 Å². The van der Waals surface area contributed by atoms with Crippen molar-refractivity contribution in [2.24, 2.45) is 11.7 Å². The van der Waals surface area contributed by atoms with E-state index in [9.17, 15) is 4.79 Å². The number of ether oxygens (including phenoxy) is 1. The SMILES string of the molecule is CCCCC(CC)CSCC(N)C(=O)OCC. The summed E-state index contributed by atoms with van der Waals surface area (Å²) in [5.74, 6) is 2.25. The van der Waals surface area contributed by atoms with Crippen molar-refractivity contribution in [1.29, 1.82) is 0 Å². The van der Waals surface area contributed by atoms with Gasteiger partial charge in [0.1, 0.15) is 6.04 Å². The van der Waals surface area contributed by atoms with Crippen LogP contribution >= 0.6 is 11.8 Å². The molecule has 0 aliphatic heterocycles. The Morgan fingerprint density at radius 3 is 2.53 bits per heavy atom. The van der Waals surface area contributed by atoms with Crippen LogP contribution in [-0.4, -0.2) is 30.1 Å². The first kappa shape index (κ1) is 16.8. The van der Waals surface area contributed by atoms with Gasteiger partial charge in [-0.3, -0.25) is 4.79 Å². The maximum absolute atomic E-state index is 11.3. The lowest BCUT2D eigenvalue weighted by Gasteiger charge is -2.15. The number of hydrogen-bond acceptors (Lipinski definition) is 4. The van der Waals surface area contributed by atoms with E-state index in [2.05, 4.69) is 13.8 Å². The minimum absolute atomic E-state index is 0.276. The fraction of sp³-hybridized carbons (Fsp3) is 0.923. The standard InChI is InChI=1S/C13H27NO2S/c1-4-7-8-11(5-2)9-17-10-12(14)13(15)16-6-3/h11-12H,4-10,14H2,1-3H3. The summed E-state index contributed by atoms with van der Waals surface area (Å²) in [5.41, 5.74) is 5.74. The van der Waals surface area contributed by atoms with Gasteiger partial charge in [0.05, 0.1) is 6.61 Å². The molecular weight excluding hydrogens is 234 g/mol. The fourth-order valence-electron chi connectivity index (χ4n) is 1.58. The largest absolute Gasteiger partial charge is 0.465 e. The van der Waals surface area contributed by atoms with Crippen molar-refractivity contribution in [2.75, 3.05) is 18.1 Å². The highest BCUT2D eigenvalue weighted by molar-refractivity contribution is 7.99. The molecule has 0 rings (SSSR count). The Labute approximate surface area is 110 Å². The van der Waals surface area contributed by atoms with Gasteiger partial charge < -0.3 is 10.5 Å². The van der Waals surface area contributed by atoms with Gasteiger partial charge in [0.25, 0.3) is 0 Å². The van der Waals surface area contributed by atoms with Crippen molar-refractivity contribution < 1.29 is 9.53 Å². The Bertz CT molecular complexity index is 200. The molecule has 2 unspecified atom stereocenters. The molecular formula is C13H27NO2S. The first-order chi connectivity index (χ1) is 8.15.